The fraction of sp³-hybridized carbons (Fsp3) is 0.316. The summed E-state index contributed by atoms with van der Waals surface area (Å²) in [6.07, 6.45) is 0.973. The van der Waals surface area contributed by atoms with E-state index in [1.54, 1.807) is 26.1 Å². The maximum Gasteiger partial charge on any atom is 0.244 e. The SMILES string of the molecule is CCc1ccc(NC(C)C(=O)N(C)Cc2c(F)cccc2Cl)cc1. The van der Waals surface area contributed by atoms with Crippen LogP contribution in [0.3, 0.4) is 0 Å². The van der Waals surface area contributed by atoms with Crippen LogP contribution in [0.2, 0.25) is 5.02 Å². The average Bonchev–Trinajstić information content (AvgIpc) is 2.58. The zero-order valence-electron chi connectivity index (χ0n) is 14.1. The van der Waals surface area contributed by atoms with Crippen molar-refractivity contribution >= 4 is 23.2 Å². The van der Waals surface area contributed by atoms with E-state index in [0.717, 1.165) is 12.1 Å². The topological polar surface area (TPSA) is 32.3 Å². The molecule has 0 saturated heterocycles. The zero-order chi connectivity index (χ0) is 17.7. The first-order valence-electron chi connectivity index (χ1n) is 7.95. The zero-order valence-corrected chi connectivity index (χ0v) is 14.9. The van der Waals surface area contributed by atoms with Gasteiger partial charge in [-0.1, -0.05) is 36.7 Å². The predicted octanol–water partition coefficient (Wildman–Crippen LogP) is 4.50. The molecule has 2 rings (SSSR count). The molecule has 0 aliphatic rings. The van der Waals surface area contributed by atoms with E-state index in [4.69, 9.17) is 11.6 Å². The molecule has 2 aromatic carbocycles. The third-order valence-electron chi connectivity index (χ3n) is 3.95. The van der Waals surface area contributed by atoms with E-state index in [1.807, 2.05) is 24.3 Å². The van der Waals surface area contributed by atoms with Crippen LogP contribution < -0.4 is 5.32 Å². The number of rotatable bonds is 6. The van der Waals surface area contributed by atoms with Crippen LogP contribution in [-0.4, -0.2) is 23.9 Å². The summed E-state index contributed by atoms with van der Waals surface area (Å²) >= 11 is 6.02. The lowest BCUT2D eigenvalue weighted by Gasteiger charge is -2.23. The molecule has 1 atom stereocenters. The lowest BCUT2D eigenvalue weighted by Crippen LogP contribution is -2.38. The summed E-state index contributed by atoms with van der Waals surface area (Å²) in [5, 5.41) is 3.50. The van der Waals surface area contributed by atoms with Gasteiger partial charge in [0.25, 0.3) is 0 Å². The smallest absolute Gasteiger partial charge is 0.244 e. The van der Waals surface area contributed by atoms with Crippen molar-refractivity contribution < 1.29 is 9.18 Å². The largest absolute Gasteiger partial charge is 0.374 e. The van der Waals surface area contributed by atoms with E-state index in [1.165, 1.54) is 16.5 Å². The molecule has 0 bridgehead atoms. The Labute approximate surface area is 147 Å². The number of amides is 1. The van der Waals surface area contributed by atoms with E-state index in [-0.39, 0.29) is 12.5 Å². The van der Waals surface area contributed by atoms with E-state index in [2.05, 4.69) is 12.2 Å². The minimum absolute atomic E-state index is 0.130. The van der Waals surface area contributed by atoms with Gasteiger partial charge in [-0.25, -0.2) is 4.39 Å². The number of nitrogens with zero attached hydrogens (tertiary/aromatic N) is 1. The van der Waals surface area contributed by atoms with Crippen molar-refractivity contribution in [3.8, 4) is 0 Å². The van der Waals surface area contributed by atoms with Crippen LogP contribution in [-0.2, 0) is 17.8 Å². The quantitative estimate of drug-likeness (QED) is 0.833. The van der Waals surface area contributed by atoms with Crippen LogP contribution in [0, 0.1) is 5.82 Å². The number of carbonyl (C=O) groups is 1. The van der Waals surface area contributed by atoms with Crippen LogP contribution in [0.5, 0.6) is 0 Å². The summed E-state index contributed by atoms with van der Waals surface area (Å²) in [5.41, 5.74) is 2.45. The molecule has 1 amide bonds. The van der Waals surface area contributed by atoms with E-state index >= 15 is 0 Å². The summed E-state index contributed by atoms with van der Waals surface area (Å²) in [5.74, 6) is -0.535. The van der Waals surface area contributed by atoms with Gasteiger partial charge in [0.2, 0.25) is 5.91 Å². The first-order chi connectivity index (χ1) is 11.4. The molecule has 128 valence electrons. The third kappa shape index (κ3) is 4.48. The second-order valence-corrected chi connectivity index (χ2v) is 6.22. The third-order valence-corrected chi connectivity index (χ3v) is 4.30. The molecular weight excluding hydrogens is 327 g/mol. The summed E-state index contributed by atoms with van der Waals surface area (Å²) in [7, 11) is 1.64. The molecule has 0 aliphatic heterocycles. The minimum atomic E-state index is -0.423. The molecule has 0 saturated carbocycles. The standard InChI is InChI=1S/C19H22ClFN2O/c1-4-14-8-10-15(11-9-14)22-13(2)19(24)23(3)12-16-17(20)6-5-7-18(16)21/h5-11,13,22H,4,12H2,1-3H3. The number of carbonyl (C=O) groups excluding carboxylic acids is 1. The van der Waals surface area contributed by atoms with Crippen LogP contribution in [0.25, 0.3) is 0 Å². The van der Waals surface area contributed by atoms with Gasteiger partial charge in [-0.05, 0) is 43.2 Å². The van der Waals surface area contributed by atoms with Crippen LogP contribution >= 0.6 is 11.6 Å². The molecule has 1 unspecified atom stereocenters. The minimum Gasteiger partial charge on any atom is -0.374 e. The highest BCUT2D eigenvalue weighted by Gasteiger charge is 2.19. The van der Waals surface area contributed by atoms with Gasteiger partial charge in [0.05, 0.1) is 0 Å². The number of aryl methyl sites for hydroxylation is 1. The molecule has 24 heavy (non-hydrogen) atoms. The maximum atomic E-state index is 13.9. The Kier molecular flexibility index (Phi) is 6.21. The highest BCUT2D eigenvalue weighted by molar-refractivity contribution is 6.31. The summed E-state index contributed by atoms with van der Waals surface area (Å²) in [6, 6.07) is 12.1. The molecule has 0 heterocycles. The summed E-state index contributed by atoms with van der Waals surface area (Å²) < 4.78 is 13.9. The number of halogens is 2. The molecule has 2 aromatic rings. The number of benzene rings is 2. The van der Waals surface area contributed by atoms with Gasteiger partial charge in [0, 0.05) is 29.9 Å². The van der Waals surface area contributed by atoms with Crippen LogP contribution in [0.4, 0.5) is 10.1 Å². The van der Waals surface area contributed by atoms with Crippen LogP contribution in [0.15, 0.2) is 42.5 Å². The predicted molar refractivity (Wildman–Crippen MR) is 96.8 cm³/mol. The Morgan fingerprint density at radius 3 is 2.50 bits per heavy atom. The van der Waals surface area contributed by atoms with Crippen molar-refractivity contribution in [1.82, 2.24) is 4.90 Å². The molecule has 0 spiro atoms. The highest BCUT2D eigenvalue weighted by Crippen LogP contribution is 2.21. The van der Waals surface area contributed by atoms with Gasteiger partial charge in [0.15, 0.2) is 0 Å². The van der Waals surface area contributed by atoms with Gasteiger partial charge < -0.3 is 10.2 Å². The second-order valence-electron chi connectivity index (χ2n) is 5.81. The molecule has 0 aromatic heterocycles. The number of hydrogen-bond acceptors (Lipinski definition) is 2. The molecule has 0 fully saturated rings. The fourth-order valence-corrected chi connectivity index (χ4v) is 2.70. The first-order valence-corrected chi connectivity index (χ1v) is 8.33. The Morgan fingerprint density at radius 1 is 1.25 bits per heavy atom. The summed E-state index contributed by atoms with van der Waals surface area (Å²) in [6.45, 7) is 4.01. The van der Waals surface area contributed by atoms with Gasteiger partial charge in [-0.15, -0.1) is 0 Å². The Morgan fingerprint density at radius 2 is 1.92 bits per heavy atom. The molecule has 5 heteroatoms. The normalized spacial score (nSPS) is 11.9. The fourth-order valence-electron chi connectivity index (χ4n) is 2.48. The number of anilines is 1. The van der Waals surface area contributed by atoms with E-state index in [0.29, 0.717) is 10.6 Å². The monoisotopic (exact) mass is 348 g/mol. The molecule has 0 aliphatic carbocycles. The lowest BCUT2D eigenvalue weighted by atomic mass is 10.1. The van der Waals surface area contributed by atoms with Crippen molar-refractivity contribution in [3.63, 3.8) is 0 Å². The van der Waals surface area contributed by atoms with Crippen molar-refractivity contribution in [2.75, 3.05) is 12.4 Å². The van der Waals surface area contributed by atoms with Crippen molar-refractivity contribution in [3.05, 3.63) is 64.4 Å². The van der Waals surface area contributed by atoms with E-state index in [9.17, 15) is 9.18 Å². The molecule has 0 radical (unpaired) electrons. The maximum absolute atomic E-state index is 13.9. The number of likely N-dealkylation sites (N-methyl/N-ethyl adjacent to an activating group) is 1. The molecule has 3 nitrogen and oxygen atoms in total. The second kappa shape index (κ2) is 8.15. The number of hydrogen-bond donors (Lipinski definition) is 1. The van der Waals surface area contributed by atoms with Gasteiger partial charge >= 0.3 is 0 Å². The Bertz CT molecular complexity index is 683. The Balaban J connectivity index is 2.01. The van der Waals surface area contributed by atoms with Gasteiger partial charge in [-0.2, -0.15) is 0 Å². The molecule has 1 N–H and O–H groups in total. The van der Waals surface area contributed by atoms with E-state index < -0.39 is 11.9 Å². The van der Waals surface area contributed by atoms with Crippen molar-refractivity contribution in [1.29, 1.82) is 0 Å². The van der Waals surface area contributed by atoms with Crippen molar-refractivity contribution in [2.24, 2.45) is 0 Å². The average molecular weight is 349 g/mol. The lowest BCUT2D eigenvalue weighted by molar-refractivity contribution is -0.130. The first kappa shape index (κ1) is 18.3. The van der Waals surface area contributed by atoms with Crippen LogP contribution in [0.1, 0.15) is 25.0 Å². The van der Waals surface area contributed by atoms with Gasteiger partial charge in [0.1, 0.15) is 11.9 Å². The number of nitrogens with one attached hydrogen (secondary N) is 1. The van der Waals surface area contributed by atoms with Crippen molar-refractivity contribution in [2.45, 2.75) is 32.9 Å². The Hall–Kier alpha value is -2.07. The summed E-state index contributed by atoms with van der Waals surface area (Å²) in [4.78, 5) is 14.0. The van der Waals surface area contributed by atoms with Gasteiger partial charge in [-0.3, -0.25) is 4.79 Å². The molecular formula is C19H22ClFN2O. The highest BCUT2D eigenvalue weighted by atomic mass is 35.5.